The Bertz CT molecular complexity index is 374. The largest absolute Gasteiger partial charge is 0.478 e. The lowest BCUT2D eigenvalue weighted by Gasteiger charge is -2.05. The lowest BCUT2D eigenvalue weighted by atomic mass is 10.1. The molecule has 1 aromatic rings. The van der Waals surface area contributed by atoms with E-state index >= 15 is 0 Å². The molecule has 0 spiro atoms. The molecular formula is C8H7NO5. The van der Waals surface area contributed by atoms with E-state index in [9.17, 15) is 9.59 Å². The Hall–Kier alpha value is -1.92. The number of amides is 1. The van der Waals surface area contributed by atoms with E-state index in [1.54, 1.807) is 0 Å². The highest BCUT2D eigenvalue weighted by Gasteiger charge is 2.13. The van der Waals surface area contributed by atoms with E-state index in [-0.39, 0.29) is 11.1 Å². The maximum absolute atomic E-state index is 11.0. The minimum atomic E-state index is -1.19. The maximum Gasteiger partial charge on any atom is 0.335 e. The number of rotatable bonds is 2. The average molecular weight is 197 g/mol. The number of carboxylic acids is 1. The summed E-state index contributed by atoms with van der Waals surface area (Å²) < 4.78 is 0. The molecule has 0 aliphatic carbocycles. The lowest BCUT2D eigenvalue weighted by Crippen LogP contribution is -2.23. The molecule has 0 saturated heterocycles. The Labute approximate surface area is 78.5 Å². The first-order valence-corrected chi connectivity index (χ1v) is 3.58. The Balaban J connectivity index is 3.06. The van der Waals surface area contributed by atoms with Crippen molar-refractivity contribution in [1.82, 2.24) is 5.23 Å². The minimum absolute atomic E-state index is 0.0994. The fourth-order valence-corrected chi connectivity index (χ4v) is 0.901. The van der Waals surface area contributed by atoms with Crippen LogP contribution in [0.25, 0.3) is 0 Å². The van der Waals surface area contributed by atoms with Crippen LogP contribution in [0.3, 0.4) is 0 Å². The van der Waals surface area contributed by atoms with E-state index in [2.05, 4.69) is 0 Å². The molecule has 6 heteroatoms. The van der Waals surface area contributed by atoms with Gasteiger partial charge in [-0.3, -0.25) is 15.2 Å². The summed E-state index contributed by atoms with van der Waals surface area (Å²) in [5, 5.41) is 24.8. The molecule has 0 aliphatic rings. The van der Waals surface area contributed by atoms with Crippen molar-refractivity contribution in [3.05, 3.63) is 35.4 Å². The molecular weight excluding hydrogens is 190 g/mol. The molecule has 0 bridgehead atoms. The second kappa shape index (κ2) is 3.86. The summed E-state index contributed by atoms with van der Waals surface area (Å²) in [6, 6.07) is 4.94. The highest BCUT2D eigenvalue weighted by atomic mass is 16.8. The van der Waals surface area contributed by atoms with Gasteiger partial charge >= 0.3 is 11.9 Å². The number of carbonyl (C=O) groups is 2. The first-order valence-electron chi connectivity index (χ1n) is 3.58. The summed E-state index contributed by atoms with van der Waals surface area (Å²) >= 11 is 0. The van der Waals surface area contributed by atoms with Crippen LogP contribution >= 0.6 is 0 Å². The molecule has 74 valence electrons. The summed E-state index contributed by atoms with van der Waals surface area (Å²) in [5.41, 5.74) is -0.215. The summed E-state index contributed by atoms with van der Waals surface area (Å²) in [7, 11) is 0. The van der Waals surface area contributed by atoms with Crippen molar-refractivity contribution in [2.45, 2.75) is 0 Å². The van der Waals surface area contributed by atoms with Crippen molar-refractivity contribution >= 4 is 11.9 Å². The monoisotopic (exact) mass is 197 g/mol. The van der Waals surface area contributed by atoms with E-state index < -0.39 is 17.1 Å². The fraction of sp³-hybridized carbons (Fsp3) is 0. The van der Waals surface area contributed by atoms with E-state index in [0.717, 1.165) is 6.07 Å². The van der Waals surface area contributed by atoms with Gasteiger partial charge < -0.3 is 5.11 Å². The maximum atomic E-state index is 11.0. The Morgan fingerprint density at radius 1 is 1.14 bits per heavy atom. The van der Waals surface area contributed by atoms with Crippen molar-refractivity contribution in [3.63, 3.8) is 0 Å². The van der Waals surface area contributed by atoms with Crippen LogP contribution in [-0.4, -0.2) is 32.6 Å². The van der Waals surface area contributed by atoms with Gasteiger partial charge in [0.25, 0.3) is 0 Å². The number of hydrogen-bond acceptors (Lipinski definition) is 4. The zero-order chi connectivity index (χ0) is 10.7. The van der Waals surface area contributed by atoms with Crippen molar-refractivity contribution in [2.24, 2.45) is 0 Å². The number of hydroxylamine groups is 2. The van der Waals surface area contributed by atoms with Gasteiger partial charge in [-0.15, -0.1) is 0 Å². The molecule has 14 heavy (non-hydrogen) atoms. The van der Waals surface area contributed by atoms with Gasteiger partial charge in [-0.1, -0.05) is 11.3 Å². The molecule has 0 unspecified atom stereocenters. The van der Waals surface area contributed by atoms with Crippen molar-refractivity contribution in [3.8, 4) is 0 Å². The molecule has 0 fully saturated rings. The van der Waals surface area contributed by atoms with Crippen LogP contribution in [0.2, 0.25) is 0 Å². The SMILES string of the molecule is O=C(O)c1cccc(C(=O)N(O)O)c1. The van der Waals surface area contributed by atoms with Crippen LogP contribution in [0, 0.1) is 0 Å². The Morgan fingerprint density at radius 3 is 2.21 bits per heavy atom. The Kier molecular flexibility index (Phi) is 2.80. The molecule has 0 saturated carbocycles. The first kappa shape index (κ1) is 10.2. The van der Waals surface area contributed by atoms with Crippen LogP contribution in [0.5, 0.6) is 0 Å². The van der Waals surface area contributed by atoms with Gasteiger partial charge in [0.2, 0.25) is 0 Å². The second-order valence-electron chi connectivity index (χ2n) is 2.48. The van der Waals surface area contributed by atoms with Crippen molar-refractivity contribution in [2.75, 3.05) is 0 Å². The number of benzene rings is 1. The summed E-state index contributed by atoms with van der Waals surface area (Å²) in [5.74, 6) is -2.28. The summed E-state index contributed by atoms with van der Waals surface area (Å²) in [4.78, 5) is 21.4. The molecule has 6 nitrogen and oxygen atoms in total. The summed E-state index contributed by atoms with van der Waals surface area (Å²) in [6.07, 6.45) is 0. The number of carboxylic acid groups (broad SMARTS) is 1. The van der Waals surface area contributed by atoms with Gasteiger partial charge in [-0.2, -0.15) is 0 Å². The van der Waals surface area contributed by atoms with Gasteiger partial charge in [0.1, 0.15) is 0 Å². The van der Waals surface area contributed by atoms with E-state index in [1.807, 2.05) is 0 Å². The molecule has 3 N–H and O–H groups in total. The van der Waals surface area contributed by atoms with Crippen LogP contribution in [0.1, 0.15) is 20.7 Å². The highest BCUT2D eigenvalue weighted by Crippen LogP contribution is 2.06. The molecule has 1 aromatic carbocycles. The molecule has 1 amide bonds. The molecule has 0 heterocycles. The molecule has 0 radical (unpaired) electrons. The van der Waals surface area contributed by atoms with Crippen molar-refractivity contribution < 1.29 is 25.1 Å². The van der Waals surface area contributed by atoms with E-state index in [1.165, 1.54) is 18.2 Å². The van der Waals surface area contributed by atoms with Gasteiger partial charge in [-0.25, -0.2) is 4.79 Å². The quantitative estimate of drug-likeness (QED) is 0.476. The normalized spacial score (nSPS) is 9.57. The lowest BCUT2D eigenvalue weighted by molar-refractivity contribution is -0.260. The number of aromatic carboxylic acids is 1. The predicted molar refractivity (Wildman–Crippen MR) is 43.1 cm³/mol. The number of nitrogens with zero attached hydrogens (tertiary/aromatic N) is 1. The predicted octanol–water partition coefficient (Wildman–Crippen LogP) is 0.605. The van der Waals surface area contributed by atoms with E-state index in [4.69, 9.17) is 15.5 Å². The standard InChI is InChI=1S/C8H7NO5/c10-7(9(13)14)5-2-1-3-6(4-5)8(11)12/h1-4,13-14H,(H,11,12). The minimum Gasteiger partial charge on any atom is -0.478 e. The van der Waals surface area contributed by atoms with Gasteiger partial charge in [0.15, 0.2) is 0 Å². The van der Waals surface area contributed by atoms with Gasteiger partial charge in [-0.05, 0) is 18.2 Å². The second-order valence-corrected chi connectivity index (χ2v) is 2.48. The fourth-order valence-electron chi connectivity index (χ4n) is 0.901. The third-order valence-corrected chi connectivity index (χ3v) is 1.54. The van der Waals surface area contributed by atoms with E-state index in [0.29, 0.717) is 0 Å². The topological polar surface area (TPSA) is 98.1 Å². The first-order chi connectivity index (χ1) is 6.52. The molecule has 0 aromatic heterocycles. The zero-order valence-electron chi connectivity index (χ0n) is 6.91. The third-order valence-electron chi connectivity index (χ3n) is 1.54. The number of carbonyl (C=O) groups excluding carboxylic acids is 1. The summed E-state index contributed by atoms with van der Waals surface area (Å²) in [6.45, 7) is 0. The van der Waals surface area contributed by atoms with Crippen LogP contribution in [0.15, 0.2) is 24.3 Å². The van der Waals surface area contributed by atoms with Crippen molar-refractivity contribution in [1.29, 1.82) is 0 Å². The number of hydrogen-bond donors (Lipinski definition) is 3. The van der Waals surface area contributed by atoms with Crippen LogP contribution in [-0.2, 0) is 0 Å². The van der Waals surface area contributed by atoms with Gasteiger partial charge in [0.05, 0.1) is 5.56 Å². The molecule has 0 aliphatic heterocycles. The van der Waals surface area contributed by atoms with Gasteiger partial charge in [0, 0.05) is 5.56 Å². The third kappa shape index (κ3) is 2.06. The van der Waals surface area contributed by atoms with Crippen LogP contribution in [0.4, 0.5) is 0 Å². The zero-order valence-corrected chi connectivity index (χ0v) is 6.91. The highest BCUT2D eigenvalue weighted by molar-refractivity contribution is 5.96. The molecule has 0 atom stereocenters. The van der Waals surface area contributed by atoms with Crippen LogP contribution < -0.4 is 0 Å². The molecule has 1 rings (SSSR count). The average Bonchev–Trinajstić information content (AvgIpc) is 2.16. The smallest absolute Gasteiger partial charge is 0.335 e. The Morgan fingerprint density at radius 2 is 1.71 bits per heavy atom.